The Morgan fingerprint density at radius 2 is 1.81 bits per heavy atom. The molecule has 1 amide bonds. The van der Waals surface area contributed by atoms with Gasteiger partial charge in [0.2, 0.25) is 0 Å². The predicted octanol–water partition coefficient (Wildman–Crippen LogP) is 4.42. The van der Waals surface area contributed by atoms with Crippen molar-refractivity contribution in [3.63, 3.8) is 0 Å². The third-order valence-corrected chi connectivity index (χ3v) is 5.65. The van der Waals surface area contributed by atoms with Crippen LogP contribution >= 0.6 is 23.4 Å². The van der Waals surface area contributed by atoms with Crippen molar-refractivity contribution in [1.82, 2.24) is 15.0 Å². The minimum Gasteiger partial charge on any atom is -0.272 e. The number of nitrogens with one attached hydrogen (secondary N) is 1. The summed E-state index contributed by atoms with van der Waals surface area (Å²) in [6, 6.07) is 19.9. The predicted molar refractivity (Wildman–Crippen MR) is 125 cm³/mol. The number of hydrogen-bond donors (Lipinski definition) is 1. The van der Waals surface area contributed by atoms with Crippen LogP contribution in [-0.4, -0.2) is 27.4 Å². The van der Waals surface area contributed by atoms with Crippen LogP contribution in [0.1, 0.15) is 5.56 Å². The molecule has 0 bridgehead atoms. The van der Waals surface area contributed by atoms with E-state index in [0.717, 1.165) is 11.8 Å². The van der Waals surface area contributed by atoms with E-state index in [4.69, 9.17) is 11.6 Å². The fourth-order valence-corrected chi connectivity index (χ4v) is 3.87. The number of para-hydroxylation sites is 1. The molecule has 4 rings (SSSR count). The van der Waals surface area contributed by atoms with E-state index in [1.165, 1.54) is 16.8 Å². The van der Waals surface area contributed by atoms with E-state index in [0.29, 0.717) is 26.8 Å². The number of benzene rings is 3. The second-order valence-electron chi connectivity index (χ2n) is 6.63. The van der Waals surface area contributed by atoms with E-state index in [1.807, 2.05) is 0 Å². The van der Waals surface area contributed by atoms with Crippen molar-refractivity contribution in [2.24, 2.45) is 5.10 Å². The molecule has 0 aliphatic carbocycles. The second-order valence-corrected chi connectivity index (χ2v) is 8.01. The van der Waals surface area contributed by atoms with Gasteiger partial charge in [-0.3, -0.25) is 14.2 Å². The van der Waals surface area contributed by atoms with Crippen LogP contribution < -0.4 is 11.0 Å². The van der Waals surface area contributed by atoms with Crippen LogP contribution in [0, 0.1) is 5.82 Å². The number of carbonyl (C=O) groups is 1. The summed E-state index contributed by atoms with van der Waals surface area (Å²) < 4.78 is 15.1. The van der Waals surface area contributed by atoms with Crippen molar-refractivity contribution in [3.8, 4) is 5.69 Å². The van der Waals surface area contributed by atoms with Crippen LogP contribution in [0.25, 0.3) is 16.6 Å². The standard InChI is InChI=1S/C23H16ClFN4O2S/c24-16-9-11-17(12-10-16)29-22(31)18-6-2-4-8-20(18)27-23(29)32-14-21(30)28-26-13-15-5-1-3-7-19(15)25/h1-13H,14H2,(H,28,30)/b26-13+. The van der Waals surface area contributed by atoms with Gasteiger partial charge in [-0.1, -0.05) is 53.7 Å². The number of halogens is 2. The number of thioether (sulfide) groups is 1. The molecule has 1 heterocycles. The lowest BCUT2D eigenvalue weighted by Crippen LogP contribution is -2.24. The quantitative estimate of drug-likeness (QED) is 0.197. The zero-order valence-corrected chi connectivity index (χ0v) is 18.1. The van der Waals surface area contributed by atoms with Gasteiger partial charge in [-0.15, -0.1) is 0 Å². The molecule has 0 saturated carbocycles. The summed E-state index contributed by atoms with van der Waals surface area (Å²) in [6.45, 7) is 0. The molecule has 0 radical (unpaired) electrons. The van der Waals surface area contributed by atoms with Crippen LogP contribution in [-0.2, 0) is 4.79 Å². The molecule has 0 saturated heterocycles. The van der Waals surface area contributed by atoms with Gasteiger partial charge in [0, 0.05) is 10.6 Å². The van der Waals surface area contributed by atoms with Gasteiger partial charge in [0.25, 0.3) is 11.5 Å². The normalized spacial score (nSPS) is 11.2. The average Bonchev–Trinajstić information content (AvgIpc) is 2.80. The van der Waals surface area contributed by atoms with Crippen LogP contribution in [0.15, 0.2) is 87.8 Å². The Kier molecular flexibility index (Phi) is 6.63. The number of nitrogens with zero attached hydrogens (tertiary/aromatic N) is 3. The number of amides is 1. The second kappa shape index (κ2) is 9.76. The lowest BCUT2D eigenvalue weighted by Gasteiger charge is -2.13. The van der Waals surface area contributed by atoms with Gasteiger partial charge in [0.05, 0.1) is 28.6 Å². The molecule has 9 heteroatoms. The molecule has 0 unspecified atom stereocenters. The van der Waals surface area contributed by atoms with Gasteiger partial charge in [-0.25, -0.2) is 14.8 Å². The summed E-state index contributed by atoms with van der Waals surface area (Å²) in [7, 11) is 0. The monoisotopic (exact) mass is 466 g/mol. The molecule has 0 fully saturated rings. The highest BCUT2D eigenvalue weighted by Gasteiger charge is 2.14. The molecule has 0 spiro atoms. The maximum Gasteiger partial charge on any atom is 0.266 e. The first-order valence-electron chi connectivity index (χ1n) is 9.50. The average molecular weight is 467 g/mol. The summed E-state index contributed by atoms with van der Waals surface area (Å²) in [5.74, 6) is -0.910. The van der Waals surface area contributed by atoms with Gasteiger partial charge in [0.1, 0.15) is 5.82 Å². The van der Waals surface area contributed by atoms with E-state index in [2.05, 4.69) is 15.5 Å². The molecule has 160 valence electrons. The summed E-state index contributed by atoms with van der Waals surface area (Å²) in [5, 5.41) is 5.14. The number of fused-ring (bicyclic) bond motifs is 1. The number of aromatic nitrogens is 2. The van der Waals surface area contributed by atoms with Gasteiger partial charge < -0.3 is 0 Å². The van der Waals surface area contributed by atoms with Crippen molar-refractivity contribution in [1.29, 1.82) is 0 Å². The van der Waals surface area contributed by atoms with Crippen molar-refractivity contribution in [2.75, 3.05) is 5.75 Å². The lowest BCUT2D eigenvalue weighted by molar-refractivity contribution is -0.118. The number of rotatable bonds is 6. The Morgan fingerprint density at radius 1 is 1.09 bits per heavy atom. The summed E-state index contributed by atoms with van der Waals surface area (Å²) >= 11 is 7.07. The molecule has 4 aromatic rings. The van der Waals surface area contributed by atoms with Gasteiger partial charge in [-0.05, 0) is 42.5 Å². The van der Waals surface area contributed by atoms with Crippen molar-refractivity contribution in [2.45, 2.75) is 5.16 Å². The summed E-state index contributed by atoms with van der Waals surface area (Å²) in [6.07, 6.45) is 1.23. The van der Waals surface area contributed by atoms with E-state index in [-0.39, 0.29) is 16.9 Å². The highest BCUT2D eigenvalue weighted by Crippen LogP contribution is 2.22. The maximum atomic E-state index is 13.6. The molecule has 0 aliphatic rings. The molecule has 0 aliphatic heterocycles. The van der Waals surface area contributed by atoms with Crippen LogP contribution in [0.3, 0.4) is 0 Å². The van der Waals surface area contributed by atoms with Gasteiger partial charge >= 0.3 is 0 Å². The molecule has 1 N–H and O–H groups in total. The van der Waals surface area contributed by atoms with Crippen LogP contribution in [0.5, 0.6) is 0 Å². The topological polar surface area (TPSA) is 76.3 Å². The maximum absolute atomic E-state index is 13.6. The zero-order valence-electron chi connectivity index (χ0n) is 16.5. The Labute approximate surface area is 191 Å². The van der Waals surface area contributed by atoms with Gasteiger partial charge in [0.15, 0.2) is 5.16 Å². The number of hydrazone groups is 1. The third-order valence-electron chi connectivity index (χ3n) is 4.46. The molecule has 6 nitrogen and oxygen atoms in total. The fraction of sp³-hybridized carbons (Fsp3) is 0.0435. The Bertz CT molecular complexity index is 1370. The van der Waals surface area contributed by atoms with Crippen molar-refractivity contribution in [3.05, 3.63) is 99.6 Å². The molecular weight excluding hydrogens is 451 g/mol. The number of hydrogen-bond acceptors (Lipinski definition) is 5. The van der Waals surface area contributed by atoms with E-state index in [9.17, 15) is 14.0 Å². The SMILES string of the molecule is O=C(CSc1nc2ccccc2c(=O)n1-c1ccc(Cl)cc1)N/N=C/c1ccccc1F. The Balaban J connectivity index is 1.57. The third kappa shape index (κ3) is 4.87. The first kappa shape index (κ1) is 21.7. The molecule has 1 aromatic heterocycles. The minimum absolute atomic E-state index is 0.0486. The van der Waals surface area contributed by atoms with Crippen molar-refractivity contribution >= 4 is 46.4 Å². The molecule has 32 heavy (non-hydrogen) atoms. The molecule has 3 aromatic carbocycles. The summed E-state index contributed by atoms with van der Waals surface area (Å²) in [4.78, 5) is 30.0. The van der Waals surface area contributed by atoms with E-state index < -0.39 is 11.7 Å². The number of carbonyl (C=O) groups excluding carboxylic acids is 1. The Hall–Kier alpha value is -3.49. The smallest absolute Gasteiger partial charge is 0.266 e. The lowest BCUT2D eigenvalue weighted by atomic mass is 10.2. The Morgan fingerprint density at radius 3 is 2.59 bits per heavy atom. The zero-order chi connectivity index (χ0) is 22.5. The first-order chi connectivity index (χ1) is 15.5. The highest BCUT2D eigenvalue weighted by atomic mass is 35.5. The minimum atomic E-state index is -0.438. The largest absolute Gasteiger partial charge is 0.272 e. The van der Waals surface area contributed by atoms with Crippen LogP contribution in [0.2, 0.25) is 5.02 Å². The molecular formula is C23H16ClFN4O2S. The van der Waals surface area contributed by atoms with Gasteiger partial charge in [-0.2, -0.15) is 5.10 Å². The summed E-state index contributed by atoms with van der Waals surface area (Å²) in [5.41, 5.74) is 3.48. The first-order valence-corrected chi connectivity index (χ1v) is 10.9. The van der Waals surface area contributed by atoms with Crippen molar-refractivity contribution < 1.29 is 9.18 Å². The van der Waals surface area contributed by atoms with Crippen LogP contribution in [0.4, 0.5) is 4.39 Å². The fourth-order valence-electron chi connectivity index (χ4n) is 2.94. The molecule has 0 atom stereocenters. The van der Waals surface area contributed by atoms with E-state index in [1.54, 1.807) is 66.7 Å². The highest BCUT2D eigenvalue weighted by molar-refractivity contribution is 7.99. The van der Waals surface area contributed by atoms with E-state index >= 15 is 0 Å².